The molecule has 0 spiro atoms. The highest BCUT2D eigenvalue weighted by Gasteiger charge is 2.25. The van der Waals surface area contributed by atoms with Gasteiger partial charge in [0, 0.05) is 5.69 Å². The second-order valence-electron chi connectivity index (χ2n) is 2.84. The van der Waals surface area contributed by atoms with Crippen LogP contribution in [-0.2, 0) is 0 Å². The first-order valence-corrected chi connectivity index (χ1v) is 3.97. The van der Waals surface area contributed by atoms with Crippen molar-refractivity contribution in [2.45, 2.75) is 18.8 Å². The van der Waals surface area contributed by atoms with E-state index in [0.717, 1.165) is 5.69 Å². The van der Waals surface area contributed by atoms with Crippen molar-refractivity contribution in [2.75, 3.05) is 0 Å². The minimum absolute atomic E-state index is 0.481. The molecule has 2 nitrogen and oxygen atoms in total. The molecular formula is C8H7ClN2. The lowest BCUT2D eigenvalue weighted by atomic mass is 10.2. The average molecular weight is 167 g/mol. The van der Waals surface area contributed by atoms with Crippen LogP contribution in [0.15, 0.2) is 6.07 Å². The third kappa shape index (κ3) is 1.12. The van der Waals surface area contributed by atoms with E-state index >= 15 is 0 Å². The van der Waals surface area contributed by atoms with E-state index in [-0.39, 0.29) is 0 Å². The zero-order valence-corrected chi connectivity index (χ0v) is 6.65. The van der Waals surface area contributed by atoms with E-state index in [1.165, 1.54) is 12.8 Å². The molecule has 1 saturated carbocycles. The van der Waals surface area contributed by atoms with Gasteiger partial charge in [0.2, 0.25) is 0 Å². The summed E-state index contributed by atoms with van der Waals surface area (Å²) < 4.78 is 0. The van der Waals surface area contributed by atoms with E-state index in [1.54, 1.807) is 0 Å². The van der Waals surface area contributed by atoms with Crippen LogP contribution in [0.1, 0.15) is 30.0 Å². The van der Waals surface area contributed by atoms with E-state index in [0.29, 0.717) is 16.6 Å². The summed E-state index contributed by atoms with van der Waals surface area (Å²) in [6.45, 7) is 0. The van der Waals surface area contributed by atoms with Gasteiger partial charge in [0.15, 0.2) is 0 Å². The Morgan fingerprint density at radius 3 is 2.82 bits per heavy atom. The van der Waals surface area contributed by atoms with Gasteiger partial charge >= 0.3 is 0 Å². The summed E-state index contributed by atoms with van der Waals surface area (Å²) in [7, 11) is 0. The van der Waals surface area contributed by atoms with Crippen molar-refractivity contribution >= 4 is 11.6 Å². The summed E-state index contributed by atoms with van der Waals surface area (Å²) in [5.41, 5.74) is 1.68. The van der Waals surface area contributed by atoms with E-state index in [4.69, 9.17) is 16.9 Å². The van der Waals surface area contributed by atoms with E-state index in [9.17, 15) is 0 Å². The molecule has 0 amide bonds. The molecule has 0 saturated heterocycles. The Balaban J connectivity index is 2.38. The standard InChI is InChI=1S/C8H7ClN2/c9-8-6(4-10)3-7(11-8)5-1-2-5/h3,5,11H,1-2H2. The molecule has 1 heterocycles. The molecule has 0 aromatic carbocycles. The van der Waals surface area contributed by atoms with Gasteiger partial charge in [-0.2, -0.15) is 5.26 Å². The highest BCUT2D eigenvalue weighted by Crippen LogP contribution is 2.40. The predicted molar refractivity (Wildman–Crippen MR) is 42.5 cm³/mol. The summed E-state index contributed by atoms with van der Waals surface area (Å²) >= 11 is 5.74. The number of rotatable bonds is 1. The quantitative estimate of drug-likeness (QED) is 0.684. The molecule has 1 N–H and O–H groups in total. The Labute approximate surface area is 69.8 Å². The summed E-state index contributed by atoms with van der Waals surface area (Å²) in [6.07, 6.45) is 2.45. The van der Waals surface area contributed by atoms with Gasteiger partial charge in [-0.15, -0.1) is 0 Å². The maximum atomic E-state index is 8.58. The second kappa shape index (κ2) is 2.28. The summed E-state index contributed by atoms with van der Waals surface area (Å²) in [6, 6.07) is 3.88. The molecule has 0 radical (unpaired) electrons. The molecule has 1 aromatic heterocycles. The van der Waals surface area contributed by atoms with E-state index in [1.807, 2.05) is 12.1 Å². The van der Waals surface area contributed by atoms with Crippen LogP contribution in [0.4, 0.5) is 0 Å². The van der Waals surface area contributed by atoms with Crippen LogP contribution < -0.4 is 0 Å². The highest BCUT2D eigenvalue weighted by molar-refractivity contribution is 6.30. The molecule has 2 rings (SSSR count). The fourth-order valence-corrected chi connectivity index (χ4v) is 1.35. The van der Waals surface area contributed by atoms with E-state index < -0.39 is 0 Å². The molecule has 0 aliphatic heterocycles. The first-order chi connectivity index (χ1) is 5.31. The van der Waals surface area contributed by atoms with Crippen molar-refractivity contribution in [3.8, 4) is 6.07 Å². The highest BCUT2D eigenvalue weighted by atomic mass is 35.5. The van der Waals surface area contributed by atoms with Crippen LogP contribution in [0.25, 0.3) is 0 Å². The zero-order chi connectivity index (χ0) is 7.84. The second-order valence-corrected chi connectivity index (χ2v) is 3.22. The minimum Gasteiger partial charge on any atom is -0.348 e. The number of hydrogen-bond donors (Lipinski definition) is 1. The normalized spacial score (nSPS) is 16.4. The summed E-state index contributed by atoms with van der Waals surface area (Å²) in [5, 5.41) is 9.06. The van der Waals surface area contributed by atoms with Gasteiger partial charge in [-0.3, -0.25) is 0 Å². The van der Waals surface area contributed by atoms with Gasteiger partial charge in [-0.1, -0.05) is 11.6 Å². The fraction of sp³-hybridized carbons (Fsp3) is 0.375. The topological polar surface area (TPSA) is 39.6 Å². The van der Waals surface area contributed by atoms with Gasteiger partial charge in [0.1, 0.15) is 11.2 Å². The Morgan fingerprint density at radius 1 is 1.64 bits per heavy atom. The largest absolute Gasteiger partial charge is 0.348 e. The SMILES string of the molecule is N#Cc1cc(C2CC2)[nH]c1Cl. The monoisotopic (exact) mass is 166 g/mol. The third-order valence-electron chi connectivity index (χ3n) is 1.93. The smallest absolute Gasteiger partial charge is 0.124 e. The third-order valence-corrected chi connectivity index (χ3v) is 2.23. The van der Waals surface area contributed by atoms with Crippen LogP contribution in [0.5, 0.6) is 0 Å². The number of hydrogen-bond acceptors (Lipinski definition) is 1. The van der Waals surface area contributed by atoms with Crippen LogP contribution in [0.3, 0.4) is 0 Å². The summed E-state index contributed by atoms with van der Waals surface area (Å²) in [5.74, 6) is 0.634. The molecule has 56 valence electrons. The Hall–Kier alpha value is -0.940. The molecule has 0 unspecified atom stereocenters. The van der Waals surface area contributed by atoms with Gasteiger partial charge in [-0.05, 0) is 24.8 Å². The molecular weight excluding hydrogens is 160 g/mol. The molecule has 11 heavy (non-hydrogen) atoms. The Bertz CT molecular complexity index is 317. The maximum Gasteiger partial charge on any atom is 0.124 e. The first-order valence-electron chi connectivity index (χ1n) is 3.60. The number of nitrogens with zero attached hydrogens (tertiary/aromatic N) is 1. The summed E-state index contributed by atoms with van der Waals surface area (Å²) in [4.78, 5) is 3.00. The van der Waals surface area contributed by atoms with Crippen LogP contribution in [0.2, 0.25) is 5.15 Å². The van der Waals surface area contributed by atoms with Crippen molar-refractivity contribution in [1.82, 2.24) is 4.98 Å². The van der Waals surface area contributed by atoms with Crippen molar-refractivity contribution < 1.29 is 0 Å². The lowest BCUT2D eigenvalue weighted by Crippen LogP contribution is -1.74. The van der Waals surface area contributed by atoms with Gasteiger partial charge in [0.05, 0.1) is 5.56 Å². The number of aromatic amines is 1. The zero-order valence-electron chi connectivity index (χ0n) is 5.89. The number of nitriles is 1. The van der Waals surface area contributed by atoms with Gasteiger partial charge in [0.25, 0.3) is 0 Å². The van der Waals surface area contributed by atoms with Crippen molar-refractivity contribution in [3.05, 3.63) is 22.5 Å². The first kappa shape index (κ1) is 6.75. The van der Waals surface area contributed by atoms with Crippen molar-refractivity contribution in [3.63, 3.8) is 0 Å². The number of nitrogens with one attached hydrogen (secondary N) is 1. The molecule has 0 bridgehead atoms. The number of halogens is 1. The van der Waals surface area contributed by atoms with Crippen molar-refractivity contribution in [2.24, 2.45) is 0 Å². The molecule has 1 aliphatic carbocycles. The predicted octanol–water partition coefficient (Wildman–Crippen LogP) is 2.42. The average Bonchev–Trinajstić information content (AvgIpc) is 2.76. The van der Waals surface area contributed by atoms with Crippen LogP contribution in [0, 0.1) is 11.3 Å². The molecule has 1 aliphatic rings. The van der Waals surface area contributed by atoms with Gasteiger partial charge < -0.3 is 4.98 Å². The van der Waals surface area contributed by atoms with Gasteiger partial charge in [-0.25, -0.2) is 0 Å². The lowest BCUT2D eigenvalue weighted by Gasteiger charge is -1.86. The fourth-order valence-electron chi connectivity index (χ4n) is 1.14. The Morgan fingerprint density at radius 2 is 2.36 bits per heavy atom. The minimum atomic E-state index is 0.481. The van der Waals surface area contributed by atoms with Crippen molar-refractivity contribution in [1.29, 1.82) is 5.26 Å². The number of aromatic nitrogens is 1. The van der Waals surface area contributed by atoms with Crippen LogP contribution >= 0.6 is 11.6 Å². The lowest BCUT2D eigenvalue weighted by molar-refractivity contribution is 1.05. The van der Waals surface area contributed by atoms with E-state index in [2.05, 4.69) is 4.98 Å². The molecule has 3 heteroatoms. The Kier molecular flexibility index (Phi) is 1.40. The number of H-pyrrole nitrogens is 1. The van der Waals surface area contributed by atoms with Crippen LogP contribution in [-0.4, -0.2) is 4.98 Å². The molecule has 0 atom stereocenters. The molecule has 1 aromatic rings. The maximum absolute atomic E-state index is 8.58. The molecule has 1 fully saturated rings.